The van der Waals surface area contributed by atoms with Crippen LogP contribution in [0.5, 0.6) is 5.75 Å². The number of aromatic hydroxyl groups is 1. The van der Waals surface area contributed by atoms with Crippen LogP contribution < -0.4 is 10.9 Å². The molecule has 5 rings (SSSR count). The number of aromatic nitrogens is 2. The van der Waals surface area contributed by atoms with E-state index in [0.717, 1.165) is 53.4 Å². The molecule has 0 radical (unpaired) electrons. The van der Waals surface area contributed by atoms with E-state index in [1.54, 1.807) is 17.4 Å². The number of benzene rings is 1. The molecule has 1 unspecified atom stereocenters. The lowest BCUT2D eigenvalue weighted by atomic mass is 9.97. The zero-order chi connectivity index (χ0) is 20.7. The molecule has 2 aromatic heterocycles. The predicted molar refractivity (Wildman–Crippen MR) is 120 cm³/mol. The van der Waals surface area contributed by atoms with Crippen molar-refractivity contribution < 1.29 is 9.90 Å². The summed E-state index contributed by atoms with van der Waals surface area (Å²) in [5, 5.41) is 13.8. The molecule has 0 saturated carbocycles. The molecule has 0 bridgehead atoms. The highest BCUT2D eigenvalue weighted by molar-refractivity contribution is 7.99. The van der Waals surface area contributed by atoms with Gasteiger partial charge in [0.15, 0.2) is 0 Å². The first kappa shape index (κ1) is 19.6. The van der Waals surface area contributed by atoms with E-state index in [1.165, 1.54) is 28.6 Å². The van der Waals surface area contributed by atoms with E-state index in [-0.39, 0.29) is 17.5 Å². The molecule has 1 atom stereocenters. The quantitative estimate of drug-likeness (QED) is 0.562. The number of phenols is 1. The summed E-state index contributed by atoms with van der Waals surface area (Å²) in [6.07, 6.45) is 5.91. The first-order valence-electron chi connectivity index (χ1n) is 10.3. The van der Waals surface area contributed by atoms with Crippen molar-refractivity contribution in [2.45, 2.75) is 50.3 Å². The maximum Gasteiger partial charge on any atom is 0.259 e. The van der Waals surface area contributed by atoms with Gasteiger partial charge in [0.05, 0.1) is 22.9 Å². The van der Waals surface area contributed by atoms with E-state index in [4.69, 9.17) is 0 Å². The van der Waals surface area contributed by atoms with Crippen LogP contribution in [0.1, 0.15) is 52.7 Å². The summed E-state index contributed by atoms with van der Waals surface area (Å²) in [5.41, 5.74) is 3.08. The van der Waals surface area contributed by atoms with Gasteiger partial charge < -0.3 is 15.4 Å². The Labute approximate surface area is 182 Å². The SMILES string of the molecule is O=C(CSCc1nc2sc3c(c2c(=O)[nH]1)CCCC3)NC1CCc2c(O)cccc21. The lowest BCUT2D eigenvalue weighted by molar-refractivity contribution is -0.119. The van der Waals surface area contributed by atoms with Gasteiger partial charge in [0.25, 0.3) is 5.56 Å². The number of phenolic OH excluding ortho intramolecular Hbond substituents is 1. The number of nitrogens with zero attached hydrogens (tertiary/aromatic N) is 1. The van der Waals surface area contributed by atoms with Gasteiger partial charge >= 0.3 is 0 Å². The Hall–Kier alpha value is -2.32. The fourth-order valence-corrected chi connectivity index (χ4v) is 6.52. The summed E-state index contributed by atoms with van der Waals surface area (Å²) >= 11 is 3.09. The number of fused-ring (bicyclic) bond motifs is 4. The third kappa shape index (κ3) is 3.63. The molecule has 2 heterocycles. The Morgan fingerprint density at radius 1 is 1.27 bits per heavy atom. The van der Waals surface area contributed by atoms with Gasteiger partial charge in [-0.2, -0.15) is 0 Å². The summed E-state index contributed by atoms with van der Waals surface area (Å²) in [7, 11) is 0. The number of H-pyrrole nitrogens is 1. The van der Waals surface area contributed by atoms with Crippen molar-refractivity contribution in [3.8, 4) is 5.75 Å². The zero-order valence-corrected chi connectivity index (χ0v) is 18.1. The van der Waals surface area contributed by atoms with Crippen molar-refractivity contribution in [1.29, 1.82) is 0 Å². The number of carbonyl (C=O) groups excluding carboxylic acids is 1. The van der Waals surface area contributed by atoms with Crippen LogP contribution in [0.15, 0.2) is 23.0 Å². The molecule has 1 aromatic carbocycles. The van der Waals surface area contributed by atoms with E-state index < -0.39 is 0 Å². The third-order valence-electron chi connectivity index (χ3n) is 5.93. The van der Waals surface area contributed by atoms with Crippen molar-refractivity contribution in [2.24, 2.45) is 0 Å². The average molecular weight is 442 g/mol. The first-order valence-corrected chi connectivity index (χ1v) is 12.3. The Morgan fingerprint density at radius 3 is 3.03 bits per heavy atom. The highest BCUT2D eigenvalue weighted by atomic mass is 32.2. The molecule has 0 fully saturated rings. The molecule has 3 N–H and O–H groups in total. The second-order valence-electron chi connectivity index (χ2n) is 7.90. The van der Waals surface area contributed by atoms with Crippen LogP contribution >= 0.6 is 23.1 Å². The molecule has 30 heavy (non-hydrogen) atoms. The maximum atomic E-state index is 12.6. The number of hydrogen-bond donors (Lipinski definition) is 3. The monoisotopic (exact) mass is 441 g/mol. The van der Waals surface area contributed by atoms with Crippen LogP contribution in [0.2, 0.25) is 0 Å². The maximum absolute atomic E-state index is 12.6. The van der Waals surface area contributed by atoms with E-state index in [9.17, 15) is 14.7 Å². The van der Waals surface area contributed by atoms with Crippen LogP contribution in [0, 0.1) is 0 Å². The third-order valence-corrected chi connectivity index (χ3v) is 8.06. The van der Waals surface area contributed by atoms with Crippen molar-refractivity contribution in [3.63, 3.8) is 0 Å². The minimum absolute atomic E-state index is 0.0452. The number of thiophene rings is 1. The number of aromatic amines is 1. The molecular weight excluding hydrogens is 418 g/mol. The Balaban J connectivity index is 1.21. The molecule has 0 spiro atoms. The summed E-state index contributed by atoms with van der Waals surface area (Å²) in [4.78, 5) is 34.7. The Morgan fingerprint density at radius 2 is 2.13 bits per heavy atom. The number of aryl methyl sites for hydroxylation is 2. The second kappa shape index (κ2) is 8.07. The van der Waals surface area contributed by atoms with E-state index in [0.29, 0.717) is 23.1 Å². The van der Waals surface area contributed by atoms with Crippen LogP contribution in [-0.4, -0.2) is 26.7 Å². The molecule has 2 aliphatic rings. The fraction of sp³-hybridized carbons (Fsp3) is 0.409. The van der Waals surface area contributed by atoms with Crippen molar-refractivity contribution >= 4 is 39.2 Å². The zero-order valence-electron chi connectivity index (χ0n) is 16.5. The van der Waals surface area contributed by atoms with Crippen molar-refractivity contribution in [3.05, 3.63) is 55.9 Å². The summed E-state index contributed by atoms with van der Waals surface area (Å²) in [5.74, 6) is 1.67. The number of hydrogen-bond acceptors (Lipinski definition) is 6. The summed E-state index contributed by atoms with van der Waals surface area (Å²) in [6.45, 7) is 0. The number of nitrogens with one attached hydrogen (secondary N) is 2. The van der Waals surface area contributed by atoms with Crippen LogP contribution in [-0.2, 0) is 29.8 Å². The minimum atomic E-state index is -0.0539. The van der Waals surface area contributed by atoms with Gasteiger partial charge in [-0.1, -0.05) is 12.1 Å². The highest BCUT2D eigenvalue weighted by Crippen LogP contribution is 2.36. The van der Waals surface area contributed by atoms with Crippen molar-refractivity contribution in [2.75, 3.05) is 5.75 Å². The van der Waals surface area contributed by atoms with E-state index in [2.05, 4.69) is 15.3 Å². The smallest absolute Gasteiger partial charge is 0.259 e. The highest BCUT2D eigenvalue weighted by Gasteiger charge is 2.26. The van der Waals surface area contributed by atoms with Crippen molar-refractivity contribution in [1.82, 2.24) is 15.3 Å². The molecule has 1 amide bonds. The summed E-state index contributed by atoms with van der Waals surface area (Å²) < 4.78 is 0. The average Bonchev–Trinajstić information content (AvgIpc) is 3.30. The molecule has 8 heteroatoms. The number of carbonyl (C=O) groups is 1. The lowest BCUT2D eigenvalue weighted by Crippen LogP contribution is -2.28. The van der Waals surface area contributed by atoms with Crippen LogP contribution in [0.3, 0.4) is 0 Å². The Bertz CT molecular complexity index is 1180. The number of rotatable bonds is 5. The summed E-state index contributed by atoms with van der Waals surface area (Å²) in [6, 6.07) is 5.42. The molecule has 2 aliphatic carbocycles. The van der Waals surface area contributed by atoms with E-state index in [1.807, 2.05) is 12.1 Å². The van der Waals surface area contributed by atoms with Gasteiger partial charge in [-0.05, 0) is 61.3 Å². The number of thioether (sulfide) groups is 1. The Kier molecular flexibility index (Phi) is 5.28. The minimum Gasteiger partial charge on any atom is -0.508 e. The van der Waals surface area contributed by atoms with Gasteiger partial charge in [-0.3, -0.25) is 9.59 Å². The van der Waals surface area contributed by atoms with Gasteiger partial charge in [-0.15, -0.1) is 23.1 Å². The lowest BCUT2D eigenvalue weighted by Gasteiger charge is -2.14. The van der Waals surface area contributed by atoms with Gasteiger partial charge in [-0.25, -0.2) is 4.98 Å². The largest absolute Gasteiger partial charge is 0.508 e. The molecule has 3 aromatic rings. The standard InChI is InChI=1S/C22H23N3O3S2/c26-16-6-3-5-12-13(16)8-9-15(12)23-19(27)11-29-10-18-24-21(28)20-14-4-1-2-7-17(14)30-22(20)25-18/h3,5-6,15,26H,1-2,4,7-11H2,(H,23,27)(H,24,25,28). The normalized spacial score (nSPS) is 17.7. The molecule has 0 aliphatic heterocycles. The molecular formula is C22H23N3O3S2. The van der Waals surface area contributed by atoms with Crippen LogP contribution in [0.25, 0.3) is 10.2 Å². The van der Waals surface area contributed by atoms with Gasteiger partial charge in [0.1, 0.15) is 16.4 Å². The topological polar surface area (TPSA) is 95.1 Å². The van der Waals surface area contributed by atoms with Gasteiger partial charge in [0, 0.05) is 4.88 Å². The molecule has 0 saturated heterocycles. The van der Waals surface area contributed by atoms with Crippen LogP contribution in [0.4, 0.5) is 0 Å². The fourth-order valence-electron chi connectivity index (χ4n) is 4.54. The van der Waals surface area contributed by atoms with Gasteiger partial charge in [0.2, 0.25) is 5.91 Å². The molecule has 6 nitrogen and oxygen atoms in total. The second-order valence-corrected chi connectivity index (χ2v) is 9.97. The first-order chi connectivity index (χ1) is 14.6. The predicted octanol–water partition coefficient (Wildman–Crippen LogP) is 3.61. The molecule has 156 valence electrons. The number of amides is 1. The van der Waals surface area contributed by atoms with E-state index >= 15 is 0 Å².